The third-order valence-electron chi connectivity index (χ3n) is 4.69. The maximum absolute atomic E-state index is 10.5. The molecule has 0 aliphatic carbocycles. The van der Waals surface area contributed by atoms with Crippen molar-refractivity contribution in [1.29, 1.82) is 0 Å². The Morgan fingerprint density at radius 2 is 1.81 bits per heavy atom. The second-order valence-corrected chi connectivity index (χ2v) is 8.14. The number of aliphatic imine (C=N–C) groups is 1. The smallest absolute Gasteiger partial charge is 0.163 e. The van der Waals surface area contributed by atoms with Crippen LogP contribution in [0.2, 0.25) is 0 Å². The van der Waals surface area contributed by atoms with Gasteiger partial charge in [-0.05, 0) is 24.1 Å². The molecular formula is C18H24N2O5S2. The predicted molar refractivity (Wildman–Crippen MR) is 109 cm³/mol. The fourth-order valence-electron chi connectivity index (χ4n) is 3.29. The highest BCUT2D eigenvalue weighted by Crippen LogP contribution is 2.33. The zero-order chi connectivity index (χ0) is 19.6. The lowest BCUT2D eigenvalue weighted by Gasteiger charge is -2.40. The fourth-order valence-corrected chi connectivity index (χ4v) is 4.34. The van der Waals surface area contributed by atoms with E-state index >= 15 is 0 Å². The van der Waals surface area contributed by atoms with Crippen molar-refractivity contribution < 1.29 is 25.2 Å². The highest BCUT2D eigenvalue weighted by molar-refractivity contribution is 8.38. The zero-order valence-corrected chi connectivity index (χ0v) is 16.7. The van der Waals surface area contributed by atoms with Crippen LogP contribution >= 0.6 is 23.5 Å². The van der Waals surface area contributed by atoms with Crippen LogP contribution in [0.5, 0.6) is 0 Å². The number of aromatic nitrogens is 1. The molecule has 1 aliphatic rings. The Hall–Kier alpha value is -1.07. The molecule has 5 atom stereocenters. The number of thioether (sulfide) groups is 2. The van der Waals surface area contributed by atoms with Crippen LogP contribution in [0.4, 0.5) is 0 Å². The number of aliphatic hydroxyl groups excluding tert-OH is 4. The van der Waals surface area contributed by atoms with Crippen LogP contribution in [-0.4, -0.2) is 72.9 Å². The highest BCUT2D eigenvalue weighted by Gasteiger charge is 2.44. The zero-order valence-electron chi connectivity index (χ0n) is 15.1. The molecule has 0 spiro atoms. The monoisotopic (exact) mass is 412 g/mol. The van der Waals surface area contributed by atoms with Gasteiger partial charge in [-0.3, -0.25) is 4.99 Å². The molecule has 0 saturated carbocycles. The van der Waals surface area contributed by atoms with E-state index in [9.17, 15) is 20.4 Å². The second kappa shape index (κ2) is 8.95. The van der Waals surface area contributed by atoms with E-state index in [2.05, 4.69) is 4.99 Å². The summed E-state index contributed by atoms with van der Waals surface area (Å²) in [7, 11) is 0. The Balaban J connectivity index is 2.00. The first-order valence-electron chi connectivity index (χ1n) is 8.53. The van der Waals surface area contributed by atoms with E-state index < -0.39 is 37.3 Å². The van der Waals surface area contributed by atoms with E-state index in [-0.39, 0.29) is 0 Å². The average Bonchev–Trinajstić information content (AvgIpc) is 3.06. The molecule has 1 saturated heterocycles. The van der Waals surface area contributed by atoms with Crippen LogP contribution < -0.4 is 0 Å². The Kier molecular flexibility index (Phi) is 6.85. The minimum atomic E-state index is -1.41. The van der Waals surface area contributed by atoms with Gasteiger partial charge in [0.15, 0.2) is 6.23 Å². The standard InChI is InChI=1S/C18H24N2O5S2/c1-26-18(27-2)19-7-10-8-20(12-6-4-3-5-11(10)12)17-16(24)15(23)14(22)13(9-21)25-17/h3-6,8,13-17,21-24H,7,9H2,1-2H3/t13-,14-,15+,16-,17-/m1/s1. The number of para-hydroxylation sites is 1. The molecule has 9 heteroatoms. The van der Waals surface area contributed by atoms with Gasteiger partial charge in [-0.25, -0.2) is 0 Å². The molecule has 0 radical (unpaired) electrons. The van der Waals surface area contributed by atoms with E-state index in [1.54, 1.807) is 28.1 Å². The van der Waals surface area contributed by atoms with Gasteiger partial charge in [0.1, 0.15) is 28.8 Å². The molecule has 148 valence electrons. The molecule has 4 N–H and O–H groups in total. The van der Waals surface area contributed by atoms with E-state index in [1.807, 2.05) is 43.0 Å². The van der Waals surface area contributed by atoms with Crippen LogP contribution in [0.25, 0.3) is 10.9 Å². The van der Waals surface area contributed by atoms with Gasteiger partial charge in [0, 0.05) is 11.6 Å². The third-order valence-corrected chi connectivity index (χ3v) is 6.65. The number of aliphatic hydroxyl groups is 4. The van der Waals surface area contributed by atoms with E-state index in [0.717, 1.165) is 20.8 Å². The van der Waals surface area contributed by atoms with Crippen LogP contribution in [0.3, 0.4) is 0 Å². The molecule has 3 rings (SSSR count). The fraction of sp³-hybridized carbons (Fsp3) is 0.500. The topological polar surface area (TPSA) is 107 Å². The molecule has 1 fully saturated rings. The molecule has 27 heavy (non-hydrogen) atoms. The van der Waals surface area contributed by atoms with Gasteiger partial charge in [-0.1, -0.05) is 18.2 Å². The van der Waals surface area contributed by atoms with Crippen molar-refractivity contribution in [1.82, 2.24) is 4.57 Å². The first-order chi connectivity index (χ1) is 13.0. The lowest BCUT2D eigenvalue weighted by Crippen LogP contribution is -2.56. The number of benzene rings is 1. The molecule has 0 unspecified atom stereocenters. The van der Waals surface area contributed by atoms with E-state index in [4.69, 9.17) is 4.74 Å². The van der Waals surface area contributed by atoms with Gasteiger partial charge >= 0.3 is 0 Å². The maximum Gasteiger partial charge on any atom is 0.163 e. The van der Waals surface area contributed by atoms with Crippen molar-refractivity contribution in [2.75, 3.05) is 19.1 Å². The summed E-state index contributed by atoms with van der Waals surface area (Å²) >= 11 is 3.17. The molecule has 0 amide bonds. The summed E-state index contributed by atoms with van der Waals surface area (Å²) in [4.78, 5) is 4.61. The van der Waals surface area contributed by atoms with Gasteiger partial charge in [0.2, 0.25) is 0 Å². The second-order valence-electron chi connectivity index (χ2n) is 6.29. The van der Waals surface area contributed by atoms with Crippen molar-refractivity contribution in [2.24, 2.45) is 4.99 Å². The molecule has 1 aliphatic heterocycles. The minimum Gasteiger partial charge on any atom is -0.394 e. The lowest BCUT2D eigenvalue weighted by molar-refractivity contribution is -0.250. The Labute approximate surface area is 166 Å². The Morgan fingerprint density at radius 3 is 2.48 bits per heavy atom. The van der Waals surface area contributed by atoms with Crippen molar-refractivity contribution in [3.8, 4) is 0 Å². The van der Waals surface area contributed by atoms with Crippen LogP contribution in [0, 0.1) is 0 Å². The van der Waals surface area contributed by atoms with Crippen molar-refractivity contribution in [3.05, 3.63) is 36.0 Å². The summed E-state index contributed by atoms with van der Waals surface area (Å²) in [6.45, 7) is 0.0184. The Bertz CT molecular complexity index is 804. The quantitative estimate of drug-likeness (QED) is 0.441. The van der Waals surface area contributed by atoms with Gasteiger partial charge < -0.3 is 29.7 Å². The summed E-state index contributed by atoms with van der Waals surface area (Å²) in [6, 6.07) is 7.68. The van der Waals surface area contributed by atoms with E-state index in [0.29, 0.717) is 6.54 Å². The van der Waals surface area contributed by atoms with Gasteiger partial charge in [0.25, 0.3) is 0 Å². The molecule has 2 heterocycles. The largest absolute Gasteiger partial charge is 0.394 e. The summed E-state index contributed by atoms with van der Waals surface area (Å²) in [5.41, 5.74) is 1.78. The van der Waals surface area contributed by atoms with Crippen LogP contribution in [0.15, 0.2) is 35.5 Å². The van der Waals surface area contributed by atoms with Gasteiger partial charge in [-0.15, -0.1) is 23.5 Å². The first-order valence-corrected chi connectivity index (χ1v) is 11.0. The summed E-state index contributed by atoms with van der Waals surface area (Å²) in [5, 5.41) is 41.0. The highest BCUT2D eigenvalue weighted by atomic mass is 32.2. The molecular weight excluding hydrogens is 388 g/mol. The van der Waals surface area contributed by atoms with Gasteiger partial charge in [0.05, 0.1) is 18.7 Å². The van der Waals surface area contributed by atoms with Crippen LogP contribution in [0.1, 0.15) is 11.8 Å². The number of nitrogens with zero attached hydrogens (tertiary/aromatic N) is 2. The molecule has 2 aromatic rings. The molecule has 1 aromatic carbocycles. The predicted octanol–water partition coefficient (Wildman–Crippen LogP) is 1.20. The SMILES string of the molecule is CSC(=NCc1cn([C@@H]2O[C@H](CO)[C@@H](O)[C@H](O)[C@H]2O)c2ccccc12)SC. The van der Waals surface area contributed by atoms with Crippen LogP contribution in [-0.2, 0) is 11.3 Å². The molecule has 0 bridgehead atoms. The normalized spacial score (nSPS) is 28.4. The van der Waals surface area contributed by atoms with Crippen molar-refractivity contribution in [3.63, 3.8) is 0 Å². The molecule has 7 nitrogen and oxygen atoms in total. The summed E-state index contributed by atoms with van der Waals surface area (Å²) in [5.74, 6) is 0. The maximum atomic E-state index is 10.5. The number of ether oxygens (including phenoxy) is 1. The number of hydrogen-bond donors (Lipinski definition) is 4. The minimum absolute atomic E-state index is 0.456. The van der Waals surface area contributed by atoms with Crippen molar-refractivity contribution in [2.45, 2.75) is 37.2 Å². The van der Waals surface area contributed by atoms with Gasteiger partial charge in [-0.2, -0.15) is 0 Å². The third kappa shape index (κ3) is 4.04. The summed E-state index contributed by atoms with van der Waals surface area (Å²) < 4.78 is 8.42. The first kappa shape index (κ1) is 20.7. The lowest BCUT2D eigenvalue weighted by atomic mass is 9.98. The summed E-state index contributed by atoms with van der Waals surface area (Å²) in [6.07, 6.45) is -0.193. The average molecular weight is 413 g/mol. The molecule has 1 aromatic heterocycles. The Morgan fingerprint density at radius 1 is 1.11 bits per heavy atom. The number of hydrogen-bond acceptors (Lipinski definition) is 8. The number of fused-ring (bicyclic) bond motifs is 1. The van der Waals surface area contributed by atoms with Crippen molar-refractivity contribution >= 4 is 38.8 Å². The number of rotatable bonds is 4. The van der Waals surface area contributed by atoms with E-state index in [1.165, 1.54) is 0 Å².